The SMILES string of the molecule is C=Cc1ccc(Cn2ccn(-c3ccc(OC)c(Cl)c3)c(=O)c2=O)cc1. The van der Waals surface area contributed by atoms with E-state index in [1.54, 1.807) is 36.7 Å². The highest BCUT2D eigenvalue weighted by Crippen LogP contribution is 2.25. The predicted octanol–water partition coefficient (Wildman–Crippen LogP) is 3.35. The standard InChI is InChI=1S/C20H17ClN2O3/c1-3-14-4-6-15(7-5-14)13-22-10-11-23(20(25)19(22)24)16-8-9-18(26-2)17(21)12-16/h3-12H,1,13H2,2H3. The van der Waals surface area contributed by atoms with Gasteiger partial charge in [-0.3, -0.25) is 14.2 Å². The van der Waals surface area contributed by atoms with Crippen LogP contribution in [0.25, 0.3) is 11.8 Å². The molecule has 132 valence electrons. The maximum absolute atomic E-state index is 12.5. The van der Waals surface area contributed by atoms with E-state index in [2.05, 4.69) is 6.58 Å². The first-order chi connectivity index (χ1) is 12.5. The number of rotatable bonds is 5. The Morgan fingerprint density at radius 2 is 1.81 bits per heavy atom. The Morgan fingerprint density at radius 1 is 1.08 bits per heavy atom. The minimum absolute atomic E-state index is 0.315. The molecule has 0 saturated heterocycles. The molecule has 6 heteroatoms. The Bertz CT molecular complexity index is 1070. The molecule has 1 heterocycles. The fraction of sp³-hybridized carbons (Fsp3) is 0.100. The lowest BCUT2D eigenvalue weighted by molar-refractivity contribution is 0.415. The lowest BCUT2D eigenvalue weighted by Crippen LogP contribution is -2.40. The van der Waals surface area contributed by atoms with E-state index in [0.29, 0.717) is 23.0 Å². The molecule has 0 amide bonds. The number of benzene rings is 2. The van der Waals surface area contributed by atoms with Gasteiger partial charge in [0.05, 0.1) is 24.4 Å². The molecule has 0 N–H and O–H groups in total. The lowest BCUT2D eigenvalue weighted by Gasteiger charge is -2.11. The van der Waals surface area contributed by atoms with E-state index in [0.717, 1.165) is 11.1 Å². The molecular weight excluding hydrogens is 352 g/mol. The fourth-order valence-electron chi connectivity index (χ4n) is 2.60. The van der Waals surface area contributed by atoms with Crippen molar-refractivity contribution in [2.45, 2.75) is 6.54 Å². The second-order valence-electron chi connectivity index (χ2n) is 5.67. The Labute approximate surface area is 155 Å². The van der Waals surface area contributed by atoms with Gasteiger partial charge in [0.1, 0.15) is 5.75 Å². The van der Waals surface area contributed by atoms with Crippen molar-refractivity contribution < 1.29 is 4.74 Å². The molecule has 0 radical (unpaired) electrons. The molecule has 2 aromatic carbocycles. The van der Waals surface area contributed by atoms with Gasteiger partial charge in [-0.2, -0.15) is 0 Å². The van der Waals surface area contributed by atoms with E-state index in [1.165, 1.54) is 16.2 Å². The van der Waals surface area contributed by atoms with Crippen LogP contribution in [0.3, 0.4) is 0 Å². The Morgan fingerprint density at radius 3 is 2.42 bits per heavy atom. The van der Waals surface area contributed by atoms with Gasteiger partial charge < -0.3 is 9.30 Å². The molecule has 3 rings (SSSR count). The highest BCUT2D eigenvalue weighted by Gasteiger charge is 2.09. The van der Waals surface area contributed by atoms with Gasteiger partial charge in [-0.15, -0.1) is 0 Å². The Kier molecular flexibility index (Phi) is 5.09. The van der Waals surface area contributed by atoms with Crippen molar-refractivity contribution in [3.63, 3.8) is 0 Å². The van der Waals surface area contributed by atoms with Crippen LogP contribution in [0.15, 0.2) is 71.0 Å². The molecule has 0 bridgehead atoms. The number of hydrogen-bond donors (Lipinski definition) is 0. The van der Waals surface area contributed by atoms with Crippen LogP contribution < -0.4 is 15.9 Å². The lowest BCUT2D eigenvalue weighted by atomic mass is 10.1. The van der Waals surface area contributed by atoms with Gasteiger partial charge in [0.2, 0.25) is 0 Å². The van der Waals surface area contributed by atoms with Gasteiger partial charge in [0.25, 0.3) is 0 Å². The average Bonchev–Trinajstić information content (AvgIpc) is 2.66. The van der Waals surface area contributed by atoms with Gasteiger partial charge in [-0.05, 0) is 29.3 Å². The third-order valence-electron chi connectivity index (χ3n) is 4.04. The molecule has 5 nitrogen and oxygen atoms in total. The number of nitrogens with zero attached hydrogens (tertiary/aromatic N) is 2. The normalized spacial score (nSPS) is 10.5. The molecule has 0 atom stereocenters. The van der Waals surface area contributed by atoms with E-state index in [9.17, 15) is 9.59 Å². The summed E-state index contributed by atoms with van der Waals surface area (Å²) < 4.78 is 7.75. The van der Waals surface area contributed by atoms with Crippen molar-refractivity contribution in [2.75, 3.05) is 7.11 Å². The van der Waals surface area contributed by atoms with Crippen molar-refractivity contribution in [1.82, 2.24) is 9.13 Å². The monoisotopic (exact) mass is 368 g/mol. The molecule has 0 fully saturated rings. The van der Waals surface area contributed by atoms with Crippen LogP contribution in [0.2, 0.25) is 5.02 Å². The van der Waals surface area contributed by atoms with Crippen LogP contribution in [0.1, 0.15) is 11.1 Å². The second kappa shape index (κ2) is 7.45. The van der Waals surface area contributed by atoms with Crippen molar-refractivity contribution in [1.29, 1.82) is 0 Å². The minimum atomic E-state index is -0.642. The van der Waals surface area contributed by atoms with Gasteiger partial charge in [0, 0.05) is 12.4 Å². The highest BCUT2D eigenvalue weighted by molar-refractivity contribution is 6.32. The maximum atomic E-state index is 12.5. The Hall–Kier alpha value is -3.05. The molecule has 0 aliphatic rings. The van der Waals surface area contributed by atoms with Crippen LogP contribution in [-0.4, -0.2) is 16.2 Å². The Balaban J connectivity index is 1.95. The quantitative estimate of drug-likeness (QED) is 0.649. The van der Waals surface area contributed by atoms with Crippen molar-refractivity contribution in [3.05, 3.63) is 98.3 Å². The minimum Gasteiger partial charge on any atom is -0.495 e. The summed E-state index contributed by atoms with van der Waals surface area (Å²) >= 11 is 6.10. The first-order valence-electron chi connectivity index (χ1n) is 7.91. The van der Waals surface area contributed by atoms with E-state index >= 15 is 0 Å². The first kappa shape index (κ1) is 17.8. The van der Waals surface area contributed by atoms with Crippen LogP contribution in [0.4, 0.5) is 0 Å². The fourth-order valence-corrected chi connectivity index (χ4v) is 2.85. The van der Waals surface area contributed by atoms with Gasteiger partial charge in [-0.1, -0.05) is 48.5 Å². The summed E-state index contributed by atoms with van der Waals surface area (Å²) in [6.07, 6.45) is 4.89. The van der Waals surface area contributed by atoms with Gasteiger partial charge in [-0.25, -0.2) is 0 Å². The summed E-state index contributed by atoms with van der Waals surface area (Å²) in [6.45, 7) is 4.02. The molecule has 26 heavy (non-hydrogen) atoms. The van der Waals surface area contributed by atoms with Crippen LogP contribution in [0, 0.1) is 0 Å². The zero-order valence-corrected chi connectivity index (χ0v) is 14.9. The molecule has 3 aromatic rings. The zero-order valence-electron chi connectivity index (χ0n) is 14.2. The van der Waals surface area contributed by atoms with Crippen LogP contribution in [-0.2, 0) is 6.54 Å². The maximum Gasteiger partial charge on any atom is 0.320 e. The summed E-state index contributed by atoms with van der Waals surface area (Å²) in [4.78, 5) is 24.9. The summed E-state index contributed by atoms with van der Waals surface area (Å²) in [7, 11) is 1.51. The van der Waals surface area contributed by atoms with Crippen molar-refractivity contribution >= 4 is 17.7 Å². The molecule has 0 aliphatic heterocycles. The number of aromatic nitrogens is 2. The number of halogens is 1. The zero-order chi connectivity index (χ0) is 18.7. The topological polar surface area (TPSA) is 53.2 Å². The summed E-state index contributed by atoms with van der Waals surface area (Å²) in [5, 5.41) is 0.364. The largest absolute Gasteiger partial charge is 0.495 e. The summed E-state index contributed by atoms with van der Waals surface area (Å²) in [5.74, 6) is 0.500. The number of ether oxygens (including phenoxy) is 1. The van der Waals surface area contributed by atoms with Gasteiger partial charge in [0.15, 0.2) is 0 Å². The van der Waals surface area contributed by atoms with E-state index in [-0.39, 0.29) is 0 Å². The summed E-state index contributed by atoms with van der Waals surface area (Å²) in [6, 6.07) is 12.5. The van der Waals surface area contributed by atoms with E-state index in [1.807, 2.05) is 24.3 Å². The average molecular weight is 369 g/mol. The van der Waals surface area contributed by atoms with Gasteiger partial charge >= 0.3 is 11.1 Å². The first-order valence-corrected chi connectivity index (χ1v) is 8.28. The molecule has 1 aromatic heterocycles. The number of hydrogen-bond acceptors (Lipinski definition) is 3. The van der Waals surface area contributed by atoms with Crippen molar-refractivity contribution in [2.24, 2.45) is 0 Å². The second-order valence-corrected chi connectivity index (χ2v) is 6.08. The molecule has 0 aliphatic carbocycles. The van der Waals surface area contributed by atoms with Crippen molar-refractivity contribution in [3.8, 4) is 11.4 Å². The molecule has 0 unspecified atom stereocenters. The molecule has 0 saturated carbocycles. The van der Waals surface area contributed by atoms with E-state index in [4.69, 9.17) is 16.3 Å². The predicted molar refractivity (Wildman–Crippen MR) is 103 cm³/mol. The molecular formula is C20H17ClN2O3. The third-order valence-corrected chi connectivity index (χ3v) is 4.34. The molecule has 0 spiro atoms. The highest BCUT2D eigenvalue weighted by atomic mass is 35.5. The van der Waals surface area contributed by atoms with E-state index < -0.39 is 11.1 Å². The summed E-state index contributed by atoms with van der Waals surface area (Å²) in [5.41, 5.74) is 1.17. The number of methoxy groups -OCH3 is 1. The van der Waals surface area contributed by atoms with Crippen LogP contribution >= 0.6 is 11.6 Å². The smallest absolute Gasteiger partial charge is 0.320 e. The van der Waals surface area contributed by atoms with Crippen LogP contribution in [0.5, 0.6) is 5.75 Å². The third kappa shape index (κ3) is 3.48.